The number of allylic oxidation sites excluding steroid dienone is 1. The lowest BCUT2D eigenvalue weighted by Crippen LogP contribution is -1.94. The number of aliphatic hydroxyl groups is 1. The Kier molecular flexibility index (Phi) is 3.08. The molecule has 3 nitrogen and oxygen atoms in total. The fraction of sp³-hybridized carbons (Fsp3) is 0.333. The smallest absolute Gasteiger partial charge is 0.231 e. The molecule has 2 rings (SSSR count). The lowest BCUT2D eigenvalue weighted by Gasteiger charge is -2.09. The summed E-state index contributed by atoms with van der Waals surface area (Å²) in [5.41, 5.74) is 1.75. The van der Waals surface area contributed by atoms with Crippen LogP contribution in [0.4, 0.5) is 0 Å². The maximum atomic E-state index is 9.92. The van der Waals surface area contributed by atoms with E-state index in [0.29, 0.717) is 22.1 Å². The van der Waals surface area contributed by atoms with E-state index in [2.05, 4.69) is 0 Å². The van der Waals surface area contributed by atoms with Crippen LogP contribution in [0.1, 0.15) is 25.5 Å². The molecule has 86 valence electrons. The molecular formula is C12H13ClO3. The Morgan fingerprint density at radius 3 is 2.88 bits per heavy atom. The summed E-state index contributed by atoms with van der Waals surface area (Å²) in [6.07, 6.45) is 1.09. The van der Waals surface area contributed by atoms with Gasteiger partial charge in [0.15, 0.2) is 11.5 Å². The summed E-state index contributed by atoms with van der Waals surface area (Å²) < 4.78 is 10.4. The molecule has 0 saturated carbocycles. The predicted octanol–water partition coefficient (Wildman–Crippen LogP) is 3.07. The van der Waals surface area contributed by atoms with Gasteiger partial charge in [0.05, 0.1) is 11.1 Å². The summed E-state index contributed by atoms with van der Waals surface area (Å²) in [5, 5.41) is 10.4. The first-order chi connectivity index (χ1) is 7.58. The minimum atomic E-state index is -0.669. The quantitative estimate of drug-likeness (QED) is 0.808. The number of hydrogen-bond acceptors (Lipinski definition) is 3. The molecule has 0 saturated heterocycles. The van der Waals surface area contributed by atoms with Gasteiger partial charge >= 0.3 is 0 Å². The zero-order valence-electron chi connectivity index (χ0n) is 9.16. The average Bonchev–Trinajstić information content (AvgIpc) is 2.64. The molecule has 0 amide bonds. The highest BCUT2D eigenvalue weighted by atomic mass is 35.5. The third-order valence-corrected chi connectivity index (χ3v) is 2.56. The molecule has 1 aliphatic heterocycles. The van der Waals surface area contributed by atoms with Crippen molar-refractivity contribution in [2.45, 2.75) is 20.0 Å². The summed E-state index contributed by atoms with van der Waals surface area (Å²) in [5.74, 6) is 1.14. The van der Waals surface area contributed by atoms with E-state index >= 15 is 0 Å². The molecule has 0 aromatic heterocycles. The fourth-order valence-corrected chi connectivity index (χ4v) is 1.84. The SMILES string of the molecule is CC(C)=CC(O)c1cc(Cl)c2c(c1)OCO2. The van der Waals surface area contributed by atoms with Crippen LogP contribution in [0, 0.1) is 0 Å². The van der Waals surface area contributed by atoms with Gasteiger partial charge in [0.2, 0.25) is 6.79 Å². The first-order valence-electron chi connectivity index (χ1n) is 5.00. The summed E-state index contributed by atoms with van der Waals surface area (Å²) >= 11 is 6.02. The molecule has 1 unspecified atom stereocenters. The van der Waals surface area contributed by atoms with Gasteiger partial charge in [0.25, 0.3) is 0 Å². The normalized spacial score (nSPS) is 14.8. The number of fused-ring (bicyclic) bond motifs is 1. The number of benzene rings is 1. The standard InChI is InChI=1S/C12H13ClO3/c1-7(2)3-10(14)8-4-9(13)12-11(5-8)15-6-16-12/h3-5,10,14H,6H2,1-2H3. The number of halogens is 1. The maximum Gasteiger partial charge on any atom is 0.231 e. The minimum absolute atomic E-state index is 0.178. The van der Waals surface area contributed by atoms with Crippen LogP contribution in [-0.4, -0.2) is 11.9 Å². The third kappa shape index (κ3) is 2.15. The van der Waals surface area contributed by atoms with Crippen LogP contribution >= 0.6 is 11.6 Å². The number of aliphatic hydroxyl groups excluding tert-OH is 1. The molecule has 1 atom stereocenters. The van der Waals surface area contributed by atoms with Crippen LogP contribution in [0.5, 0.6) is 11.5 Å². The van der Waals surface area contributed by atoms with Crippen molar-refractivity contribution < 1.29 is 14.6 Å². The Bertz CT molecular complexity index is 436. The van der Waals surface area contributed by atoms with Crippen molar-refractivity contribution in [1.29, 1.82) is 0 Å². The van der Waals surface area contributed by atoms with Gasteiger partial charge in [0, 0.05) is 0 Å². The molecule has 4 heteroatoms. The van der Waals surface area contributed by atoms with Gasteiger partial charge in [-0.05, 0) is 31.5 Å². The Morgan fingerprint density at radius 1 is 1.44 bits per heavy atom. The van der Waals surface area contributed by atoms with E-state index in [1.54, 1.807) is 18.2 Å². The summed E-state index contributed by atoms with van der Waals surface area (Å²) in [7, 11) is 0. The molecule has 0 bridgehead atoms. The van der Waals surface area contributed by atoms with Crippen LogP contribution in [0.2, 0.25) is 5.02 Å². The largest absolute Gasteiger partial charge is 0.454 e. The second kappa shape index (κ2) is 4.36. The Morgan fingerprint density at radius 2 is 2.19 bits per heavy atom. The van der Waals surface area contributed by atoms with Gasteiger partial charge in [-0.3, -0.25) is 0 Å². The van der Waals surface area contributed by atoms with Gasteiger partial charge < -0.3 is 14.6 Å². The van der Waals surface area contributed by atoms with Crippen molar-refractivity contribution >= 4 is 11.6 Å². The van der Waals surface area contributed by atoms with Crippen LogP contribution in [0.3, 0.4) is 0 Å². The highest BCUT2D eigenvalue weighted by Crippen LogP contribution is 2.41. The van der Waals surface area contributed by atoms with Gasteiger partial charge in [-0.25, -0.2) is 0 Å². The second-order valence-electron chi connectivity index (χ2n) is 3.93. The average molecular weight is 241 g/mol. The Balaban J connectivity index is 2.37. The van der Waals surface area contributed by atoms with Crippen molar-refractivity contribution in [1.82, 2.24) is 0 Å². The highest BCUT2D eigenvalue weighted by molar-refractivity contribution is 6.32. The highest BCUT2D eigenvalue weighted by Gasteiger charge is 2.19. The molecule has 0 radical (unpaired) electrons. The molecule has 0 spiro atoms. The van der Waals surface area contributed by atoms with Crippen molar-refractivity contribution in [2.75, 3.05) is 6.79 Å². The van der Waals surface area contributed by atoms with Crippen LogP contribution in [0.25, 0.3) is 0 Å². The van der Waals surface area contributed by atoms with Crippen molar-refractivity contribution in [2.24, 2.45) is 0 Å². The fourth-order valence-electron chi connectivity index (χ4n) is 1.57. The van der Waals surface area contributed by atoms with Crippen molar-refractivity contribution in [3.05, 3.63) is 34.4 Å². The summed E-state index contributed by atoms with van der Waals surface area (Å²) in [6.45, 7) is 4.03. The van der Waals surface area contributed by atoms with E-state index < -0.39 is 6.10 Å². The first-order valence-corrected chi connectivity index (χ1v) is 5.38. The Hall–Kier alpha value is -1.19. The first kappa shape index (κ1) is 11.3. The molecule has 1 aromatic carbocycles. The summed E-state index contributed by atoms with van der Waals surface area (Å²) in [4.78, 5) is 0. The van der Waals surface area contributed by atoms with Gasteiger partial charge in [-0.1, -0.05) is 23.3 Å². The Labute approximate surface area is 99.3 Å². The lowest BCUT2D eigenvalue weighted by molar-refractivity contribution is 0.173. The second-order valence-corrected chi connectivity index (χ2v) is 4.33. The van der Waals surface area contributed by atoms with Gasteiger partial charge in [-0.15, -0.1) is 0 Å². The van der Waals surface area contributed by atoms with Gasteiger partial charge in [0.1, 0.15) is 0 Å². The van der Waals surface area contributed by atoms with Crippen LogP contribution in [-0.2, 0) is 0 Å². The molecular weight excluding hydrogens is 228 g/mol. The van der Waals surface area contributed by atoms with E-state index in [9.17, 15) is 5.11 Å². The zero-order chi connectivity index (χ0) is 11.7. The molecule has 0 aliphatic carbocycles. The maximum absolute atomic E-state index is 9.92. The van der Waals surface area contributed by atoms with E-state index in [0.717, 1.165) is 5.57 Å². The van der Waals surface area contributed by atoms with E-state index in [4.69, 9.17) is 21.1 Å². The van der Waals surface area contributed by atoms with E-state index in [1.807, 2.05) is 13.8 Å². The summed E-state index contributed by atoms with van der Waals surface area (Å²) in [6, 6.07) is 3.44. The molecule has 1 N–H and O–H groups in total. The molecule has 1 aromatic rings. The molecule has 1 aliphatic rings. The van der Waals surface area contributed by atoms with E-state index in [-0.39, 0.29) is 6.79 Å². The topological polar surface area (TPSA) is 38.7 Å². The lowest BCUT2D eigenvalue weighted by atomic mass is 10.1. The number of rotatable bonds is 2. The minimum Gasteiger partial charge on any atom is -0.454 e. The molecule has 0 fully saturated rings. The van der Waals surface area contributed by atoms with Crippen molar-refractivity contribution in [3.8, 4) is 11.5 Å². The van der Waals surface area contributed by atoms with Crippen LogP contribution in [0.15, 0.2) is 23.8 Å². The number of hydrogen-bond donors (Lipinski definition) is 1. The molecule has 16 heavy (non-hydrogen) atoms. The van der Waals surface area contributed by atoms with Crippen molar-refractivity contribution in [3.63, 3.8) is 0 Å². The van der Waals surface area contributed by atoms with Crippen LogP contribution < -0.4 is 9.47 Å². The monoisotopic (exact) mass is 240 g/mol. The molecule has 1 heterocycles. The zero-order valence-corrected chi connectivity index (χ0v) is 9.91. The number of ether oxygens (including phenoxy) is 2. The predicted molar refractivity (Wildman–Crippen MR) is 62.0 cm³/mol. The third-order valence-electron chi connectivity index (χ3n) is 2.28. The van der Waals surface area contributed by atoms with E-state index in [1.165, 1.54) is 0 Å². The van der Waals surface area contributed by atoms with Gasteiger partial charge in [-0.2, -0.15) is 0 Å².